The molecule has 0 saturated carbocycles. The molecule has 3 N–H and O–H groups in total. The number of carbonyl (C=O) groups is 3. The van der Waals surface area contributed by atoms with E-state index in [1.807, 2.05) is 27.7 Å². The average molecular weight is 435 g/mol. The summed E-state index contributed by atoms with van der Waals surface area (Å²) in [5.41, 5.74) is 2.47. The van der Waals surface area contributed by atoms with Crippen molar-refractivity contribution >= 4 is 29.7 Å². The Kier molecular flexibility index (Phi) is 13.2. The van der Waals surface area contributed by atoms with Crippen LogP contribution in [0.15, 0.2) is 0 Å². The highest BCUT2D eigenvalue weighted by molar-refractivity contribution is 7.99. The maximum Gasteiger partial charge on any atom is 0.313 e. The summed E-state index contributed by atoms with van der Waals surface area (Å²) >= 11 is 1.52. The third-order valence-electron chi connectivity index (χ3n) is 5.40. The van der Waals surface area contributed by atoms with Crippen LogP contribution in [0.4, 0.5) is 0 Å². The number of esters is 3. The molecule has 0 aliphatic rings. The first-order valence-corrected chi connectivity index (χ1v) is 11.5. The molecule has 0 spiro atoms. The van der Waals surface area contributed by atoms with Crippen LogP contribution in [0.2, 0.25) is 0 Å². The zero-order valence-corrected chi connectivity index (χ0v) is 19.8. The topological polar surface area (TPSA) is 107 Å². The van der Waals surface area contributed by atoms with Crippen LogP contribution in [0, 0.1) is 16.7 Å². The van der Waals surface area contributed by atoms with Gasteiger partial charge in [0.05, 0.1) is 44.6 Å². The number of unbranched alkanes of at least 4 members (excludes halogenated alkanes) is 1. The highest BCUT2D eigenvalue weighted by Crippen LogP contribution is 2.47. The lowest BCUT2D eigenvalue weighted by Gasteiger charge is -2.43. The van der Waals surface area contributed by atoms with E-state index in [4.69, 9.17) is 9.47 Å². The van der Waals surface area contributed by atoms with Gasteiger partial charge in [0.2, 0.25) is 0 Å². The fraction of sp³-hybridized carbons (Fsp3) is 0.857. The Morgan fingerprint density at radius 3 is 2.31 bits per heavy atom. The minimum atomic E-state index is -0.820. The molecule has 0 aromatic rings. The van der Waals surface area contributed by atoms with Crippen molar-refractivity contribution in [2.24, 2.45) is 16.7 Å². The highest BCUT2D eigenvalue weighted by Gasteiger charge is 2.49. The van der Waals surface area contributed by atoms with Crippen molar-refractivity contribution in [1.29, 1.82) is 0 Å². The van der Waals surface area contributed by atoms with Crippen molar-refractivity contribution in [3.63, 3.8) is 0 Å². The summed E-state index contributed by atoms with van der Waals surface area (Å²) in [5.74, 6) is -0.0897. The second kappa shape index (κ2) is 13.9. The van der Waals surface area contributed by atoms with Gasteiger partial charge in [-0.1, -0.05) is 20.8 Å². The smallest absolute Gasteiger partial charge is 0.313 e. The molecule has 0 aliphatic heterocycles. The van der Waals surface area contributed by atoms with Crippen LogP contribution >= 0.6 is 11.8 Å². The zero-order chi connectivity index (χ0) is 22.5. The van der Waals surface area contributed by atoms with Gasteiger partial charge in [-0.3, -0.25) is 14.4 Å². The fourth-order valence-electron chi connectivity index (χ4n) is 3.03. The van der Waals surface area contributed by atoms with E-state index in [1.54, 1.807) is 6.92 Å². The van der Waals surface area contributed by atoms with E-state index in [9.17, 15) is 14.4 Å². The Labute approximate surface area is 179 Å². The number of methoxy groups -OCH3 is 1. The Bertz CT molecular complexity index is 525. The number of ether oxygens (including phenoxy) is 3. The largest absolute Gasteiger partial charge is 0.469 e. The van der Waals surface area contributed by atoms with E-state index >= 15 is 0 Å². The number of quaternary nitrogens is 1. The second-order valence-corrected chi connectivity index (χ2v) is 9.25. The highest BCUT2D eigenvalue weighted by atomic mass is 32.2. The van der Waals surface area contributed by atoms with Gasteiger partial charge in [-0.05, 0) is 38.5 Å². The quantitative estimate of drug-likeness (QED) is 0.240. The van der Waals surface area contributed by atoms with Crippen LogP contribution < -0.4 is 5.73 Å². The minimum Gasteiger partial charge on any atom is -0.469 e. The lowest BCUT2D eigenvalue weighted by molar-refractivity contribution is -0.368. The Morgan fingerprint density at radius 1 is 1.10 bits per heavy atom. The third-order valence-corrected chi connectivity index (χ3v) is 6.67. The molecule has 2 unspecified atom stereocenters. The summed E-state index contributed by atoms with van der Waals surface area (Å²) in [6.45, 7) is 11.0. The Hall–Kier alpha value is -1.28. The number of hydrogen-bond acceptors (Lipinski definition) is 7. The van der Waals surface area contributed by atoms with Gasteiger partial charge in [0, 0.05) is 11.5 Å². The van der Waals surface area contributed by atoms with Crippen molar-refractivity contribution in [1.82, 2.24) is 0 Å². The average Bonchev–Trinajstić information content (AvgIpc) is 2.67. The standard InChI is InChI=1S/C21H39NO6S/c1-7-27-18(24)16(2)14-20(3,4)21(5,15-29-13-10-17(23)26-6)19(25)28-12-9-8-11-22/h16H,7-15,22H2,1-6H3/p+1. The van der Waals surface area contributed by atoms with Crippen molar-refractivity contribution in [2.75, 3.05) is 38.4 Å². The van der Waals surface area contributed by atoms with Gasteiger partial charge in [0.1, 0.15) is 0 Å². The van der Waals surface area contributed by atoms with Crippen molar-refractivity contribution < 1.29 is 34.3 Å². The summed E-state index contributed by atoms with van der Waals surface area (Å²) in [6.07, 6.45) is 2.46. The molecule has 170 valence electrons. The summed E-state index contributed by atoms with van der Waals surface area (Å²) < 4.78 is 15.4. The lowest BCUT2D eigenvalue weighted by atomic mass is 9.64. The van der Waals surface area contributed by atoms with Crippen LogP contribution in [0.5, 0.6) is 0 Å². The number of thioether (sulfide) groups is 1. The molecule has 29 heavy (non-hydrogen) atoms. The molecule has 7 nitrogen and oxygen atoms in total. The maximum atomic E-state index is 13.1. The van der Waals surface area contributed by atoms with E-state index in [2.05, 4.69) is 10.5 Å². The van der Waals surface area contributed by atoms with Crippen LogP contribution in [0.3, 0.4) is 0 Å². The van der Waals surface area contributed by atoms with Gasteiger partial charge in [-0.15, -0.1) is 0 Å². The summed E-state index contributed by atoms with van der Waals surface area (Å²) in [4.78, 5) is 36.6. The first-order chi connectivity index (χ1) is 13.6. The molecule has 2 atom stereocenters. The van der Waals surface area contributed by atoms with Gasteiger partial charge < -0.3 is 19.9 Å². The van der Waals surface area contributed by atoms with E-state index in [1.165, 1.54) is 18.9 Å². The first kappa shape index (κ1) is 27.7. The summed E-state index contributed by atoms with van der Waals surface area (Å²) in [7, 11) is 1.36. The zero-order valence-electron chi connectivity index (χ0n) is 19.0. The molecule has 0 amide bonds. The lowest BCUT2D eigenvalue weighted by Crippen LogP contribution is -2.50. The molecular weight excluding hydrogens is 394 g/mol. The molecule has 8 heteroatoms. The van der Waals surface area contributed by atoms with Crippen LogP contribution in [-0.2, 0) is 28.6 Å². The van der Waals surface area contributed by atoms with E-state index in [0.29, 0.717) is 31.1 Å². The van der Waals surface area contributed by atoms with E-state index in [-0.39, 0.29) is 30.2 Å². The minimum absolute atomic E-state index is 0.259. The number of rotatable bonds is 15. The first-order valence-electron chi connectivity index (χ1n) is 10.3. The van der Waals surface area contributed by atoms with Gasteiger partial charge >= 0.3 is 17.9 Å². The molecule has 0 aliphatic carbocycles. The molecule has 0 aromatic carbocycles. The maximum absolute atomic E-state index is 13.1. The predicted molar refractivity (Wildman–Crippen MR) is 114 cm³/mol. The van der Waals surface area contributed by atoms with Crippen LogP contribution in [0.1, 0.15) is 60.3 Å². The SMILES string of the molecule is CCOC(=O)C(C)CC(C)(C)C(C)(CSCCC(=O)OC)C(=O)OCCCC[NH3+]. The van der Waals surface area contributed by atoms with Crippen molar-refractivity contribution in [2.45, 2.75) is 60.3 Å². The summed E-state index contributed by atoms with van der Waals surface area (Å²) in [6, 6.07) is 0. The van der Waals surface area contributed by atoms with E-state index in [0.717, 1.165) is 19.4 Å². The van der Waals surface area contributed by atoms with Crippen LogP contribution in [-0.4, -0.2) is 56.3 Å². The van der Waals surface area contributed by atoms with Gasteiger partial charge in [0.25, 0.3) is 0 Å². The van der Waals surface area contributed by atoms with Gasteiger partial charge in [0.15, 0.2) is 0 Å². The Morgan fingerprint density at radius 2 is 1.76 bits per heavy atom. The van der Waals surface area contributed by atoms with Crippen LogP contribution in [0.25, 0.3) is 0 Å². The monoisotopic (exact) mass is 434 g/mol. The predicted octanol–water partition coefficient (Wildman–Crippen LogP) is 2.47. The molecule has 0 radical (unpaired) electrons. The third kappa shape index (κ3) is 9.38. The summed E-state index contributed by atoms with van der Waals surface area (Å²) in [5, 5.41) is 0. The fourth-order valence-corrected chi connectivity index (χ4v) is 4.40. The Balaban J connectivity index is 5.26. The normalized spacial score (nSPS) is 14.6. The van der Waals surface area contributed by atoms with E-state index < -0.39 is 10.8 Å². The number of hydrogen-bond donors (Lipinski definition) is 1. The van der Waals surface area contributed by atoms with Gasteiger partial charge in [-0.2, -0.15) is 11.8 Å². The van der Waals surface area contributed by atoms with Crippen molar-refractivity contribution in [3.05, 3.63) is 0 Å². The number of carbonyl (C=O) groups excluding carboxylic acids is 3. The molecule has 0 bridgehead atoms. The molecule has 0 heterocycles. The molecular formula is C21H40NO6S+. The van der Waals surface area contributed by atoms with Gasteiger partial charge in [-0.25, -0.2) is 0 Å². The molecule has 0 saturated heterocycles. The molecule has 0 aromatic heterocycles. The molecule has 0 fully saturated rings. The molecule has 0 rings (SSSR count). The second-order valence-electron chi connectivity index (χ2n) is 8.15. The van der Waals surface area contributed by atoms with Crippen molar-refractivity contribution in [3.8, 4) is 0 Å².